The number of hydrogen-bond acceptors (Lipinski definition) is 3. The van der Waals surface area contributed by atoms with Crippen molar-refractivity contribution in [2.75, 3.05) is 14.2 Å². The maximum Gasteiger partial charge on any atom is 0.337 e. The molecule has 0 atom stereocenters. The number of halogens is 2. The zero-order chi connectivity index (χ0) is 10.7. The Hall–Kier alpha value is -0.300. The molecule has 76 valence electrons. The van der Waals surface area contributed by atoms with Crippen molar-refractivity contribution in [3.8, 4) is 5.75 Å². The molecule has 0 aliphatic carbocycles. The van der Waals surface area contributed by atoms with Crippen molar-refractivity contribution in [3.05, 3.63) is 25.7 Å². The number of rotatable bonds is 2. The van der Waals surface area contributed by atoms with Gasteiger partial charge in [0.2, 0.25) is 0 Å². The van der Waals surface area contributed by atoms with E-state index < -0.39 is 0 Å². The Morgan fingerprint density at radius 3 is 2.50 bits per heavy atom. The van der Waals surface area contributed by atoms with E-state index in [1.165, 1.54) is 7.11 Å². The summed E-state index contributed by atoms with van der Waals surface area (Å²) < 4.78 is 11.4. The molecule has 0 amide bonds. The Morgan fingerprint density at radius 1 is 1.43 bits per heavy atom. The van der Waals surface area contributed by atoms with Gasteiger partial charge in [0.1, 0.15) is 5.75 Å². The quantitative estimate of drug-likeness (QED) is 0.593. The van der Waals surface area contributed by atoms with E-state index in [2.05, 4.69) is 43.3 Å². The molecule has 5 heteroatoms. The normalized spacial score (nSPS) is 9.71. The average molecular weight is 371 g/mol. The summed E-state index contributed by atoms with van der Waals surface area (Å²) in [5, 5.41) is 0. The summed E-state index contributed by atoms with van der Waals surface area (Å²) in [7, 11) is 2.94. The molecule has 0 fully saturated rings. The highest BCUT2D eigenvalue weighted by molar-refractivity contribution is 14.1. The molecular formula is C9H8BrIO3. The lowest BCUT2D eigenvalue weighted by atomic mass is 10.2. The van der Waals surface area contributed by atoms with E-state index in [1.807, 2.05) is 0 Å². The van der Waals surface area contributed by atoms with Crippen molar-refractivity contribution >= 4 is 44.5 Å². The Bertz CT molecular complexity index is 342. The Kier molecular flexibility index (Phi) is 4.18. The highest BCUT2D eigenvalue weighted by Gasteiger charge is 2.12. The molecule has 0 N–H and O–H groups in total. The van der Waals surface area contributed by atoms with Gasteiger partial charge in [-0.05, 0) is 50.7 Å². The van der Waals surface area contributed by atoms with E-state index in [0.717, 1.165) is 13.8 Å². The second-order valence-electron chi connectivity index (χ2n) is 2.46. The van der Waals surface area contributed by atoms with E-state index in [9.17, 15) is 4.79 Å². The summed E-state index contributed by atoms with van der Waals surface area (Å²) in [6, 6.07) is 3.39. The largest absolute Gasteiger partial charge is 0.494 e. The SMILES string of the molecule is COC(=O)c1cc(Br)c(OC)c(I)c1. The summed E-state index contributed by atoms with van der Waals surface area (Å²) in [4.78, 5) is 11.2. The van der Waals surface area contributed by atoms with Gasteiger partial charge in [-0.3, -0.25) is 0 Å². The fourth-order valence-electron chi connectivity index (χ4n) is 0.991. The molecule has 0 saturated heterocycles. The van der Waals surface area contributed by atoms with Crippen LogP contribution in [0.4, 0.5) is 0 Å². The smallest absolute Gasteiger partial charge is 0.337 e. The van der Waals surface area contributed by atoms with Crippen LogP contribution in [0.5, 0.6) is 5.75 Å². The van der Waals surface area contributed by atoms with E-state index in [4.69, 9.17) is 4.74 Å². The number of carbonyl (C=O) groups is 1. The molecule has 0 radical (unpaired) electrons. The fourth-order valence-corrected chi connectivity index (χ4v) is 2.83. The molecule has 1 rings (SSSR count). The molecule has 3 nitrogen and oxygen atoms in total. The molecule has 1 aromatic carbocycles. The maximum atomic E-state index is 11.2. The van der Waals surface area contributed by atoms with Gasteiger partial charge in [-0.1, -0.05) is 0 Å². The molecule has 0 heterocycles. The van der Waals surface area contributed by atoms with Crippen LogP contribution in [0.15, 0.2) is 16.6 Å². The van der Waals surface area contributed by atoms with Gasteiger partial charge < -0.3 is 9.47 Å². The predicted molar refractivity (Wildman–Crippen MR) is 64.8 cm³/mol. The first-order valence-electron chi connectivity index (χ1n) is 3.71. The summed E-state index contributed by atoms with van der Waals surface area (Å²) in [6.45, 7) is 0. The van der Waals surface area contributed by atoms with Gasteiger partial charge in [0, 0.05) is 0 Å². The first kappa shape index (κ1) is 11.8. The summed E-state index contributed by atoms with van der Waals surface area (Å²) in [5.41, 5.74) is 0.504. The molecule has 0 aliphatic heterocycles. The minimum atomic E-state index is -0.355. The minimum absolute atomic E-state index is 0.355. The predicted octanol–water partition coefficient (Wildman–Crippen LogP) is 2.85. The van der Waals surface area contributed by atoms with Crippen LogP contribution in [0.1, 0.15) is 10.4 Å². The summed E-state index contributed by atoms with van der Waals surface area (Å²) in [5.74, 6) is 0.365. The van der Waals surface area contributed by atoms with E-state index in [1.54, 1.807) is 19.2 Å². The van der Waals surface area contributed by atoms with Crippen molar-refractivity contribution in [1.29, 1.82) is 0 Å². The first-order chi connectivity index (χ1) is 6.60. The Balaban J connectivity index is 3.20. The van der Waals surface area contributed by atoms with Crippen LogP contribution in [0.25, 0.3) is 0 Å². The van der Waals surface area contributed by atoms with Gasteiger partial charge >= 0.3 is 5.97 Å². The summed E-state index contributed by atoms with van der Waals surface area (Å²) in [6.07, 6.45) is 0. The second kappa shape index (κ2) is 4.97. The van der Waals surface area contributed by atoms with Gasteiger partial charge in [0.15, 0.2) is 0 Å². The lowest BCUT2D eigenvalue weighted by molar-refractivity contribution is 0.0600. The van der Waals surface area contributed by atoms with Crippen LogP contribution >= 0.6 is 38.5 Å². The molecule has 0 bridgehead atoms. The lowest BCUT2D eigenvalue weighted by Crippen LogP contribution is -2.02. The monoisotopic (exact) mass is 370 g/mol. The van der Waals surface area contributed by atoms with E-state index >= 15 is 0 Å². The zero-order valence-electron chi connectivity index (χ0n) is 7.64. The highest BCUT2D eigenvalue weighted by Crippen LogP contribution is 2.31. The molecule has 1 aromatic rings. The van der Waals surface area contributed by atoms with Crippen LogP contribution in [0.2, 0.25) is 0 Å². The van der Waals surface area contributed by atoms with Crippen LogP contribution in [-0.4, -0.2) is 20.2 Å². The number of carbonyl (C=O) groups excluding carboxylic acids is 1. The fraction of sp³-hybridized carbons (Fsp3) is 0.222. The van der Waals surface area contributed by atoms with Crippen molar-refractivity contribution in [2.45, 2.75) is 0 Å². The average Bonchev–Trinajstić information content (AvgIpc) is 2.16. The Labute approximate surface area is 104 Å². The highest BCUT2D eigenvalue weighted by atomic mass is 127. The minimum Gasteiger partial charge on any atom is -0.494 e. The van der Waals surface area contributed by atoms with Crippen LogP contribution in [0.3, 0.4) is 0 Å². The molecular weight excluding hydrogens is 363 g/mol. The van der Waals surface area contributed by atoms with Crippen molar-refractivity contribution in [3.63, 3.8) is 0 Å². The van der Waals surface area contributed by atoms with Crippen molar-refractivity contribution in [2.24, 2.45) is 0 Å². The summed E-state index contributed by atoms with van der Waals surface area (Å²) >= 11 is 5.42. The molecule has 0 unspecified atom stereocenters. The number of methoxy groups -OCH3 is 2. The maximum absolute atomic E-state index is 11.2. The first-order valence-corrected chi connectivity index (χ1v) is 5.58. The third kappa shape index (κ3) is 2.38. The standard InChI is InChI=1S/C9H8BrIO3/c1-13-8-6(10)3-5(4-7(8)11)9(12)14-2/h3-4H,1-2H3. The van der Waals surface area contributed by atoms with E-state index in [0.29, 0.717) is 5.56 Å². The van der Waals surface area contributed by atoms with Gasteiger partial charge in [-0.2, -0.15) is 0 Å². The number of ether oxygens (including phenoxy) is 2. The van der Waals surface area contributed by atoms with Gasteiger partial charge in [0.25, 0.3) is 0 Å². The number of benzene rings is 1. The van der Waals surface area contributed by atoms with Crippen molar-refractivity contribution < 1.29 is 14.3 Å². The molecule has 0 aliphatic rings. The number of hydrogen-bond donors (Lipinski definition) is 0. The van der Waals surface area contributed by atoms with E-state index in [-0.39, 0.29) is 5.97 Å². The third-order valence-corrected chi connectivity index (χ3v) is 3.01. The van der Waals surface area contributed by atoms with Crippen LogP contribution in [-0.2, 0) is 4.74 Å². The lowest BCUT2D eigenvalue weighted by Gasteiger charge is -2.07. The molecule has 0 spiro atoms. The van der Waals surface area contributed by atoms with Crippen LogP contribution in [0, 0.1) is 3.57 Å². The van der Waals surface area contributed by atoms with Gasteiger partial charge in [-0.15, -0.1) is 0 Å². The van der Waals surface area contributed by atoms with Crippen molar-refractivity contribution in [1.82, 2.24) is 0 Å². The van der Waals surface area contributed by atoms with Crippen LogP contribution < -0.4 is 4.74 Å². The molecule has 0 saturated carbocycles. The Morgan fingerprint density at radius 2 is 2.07 bits per heavy atom. The molecule has 0 aromatic heterocycles. The topological polar surface area (TPSA) is 35.5 Å². The van der Waals surface area contributed by atoms with Gasteiger partial charge in [0.05, 0.1) is 27.8 Å². The van der Waals surface area contributed by atoms with Gasteiger partial charge in [-0.25, -0.2) is 4.79 Å². The number of esters is 1. The second-order valence-corrected chi connectivity index (χ2v) is 4.48. The third-order valence-electron chi connectivity index (χ3n) is 1.62. The molecule has 14 heavy (non-hydrogen) atoms. The zero-order valence-corrected chi connectivity index (χ0v) is 11.4.